The van der Waals surface area contributed by atoms with Crippen molar-refractivity contribution in [2.75, 3.05) is 13.7 Å². The molecule has 0 bridgehead atoms. The second-order valence-electron chi connectivity index (χ2n) is 5.44. The van der Waals surface area contributed by atoms with E-state index in [1.54, 1.807) is 24.3 Å². The van der Waals surface area contributed by atoms with Gasteiger partial charge in [-0.15, -0.1) is 0 Å². The van der Waals surface area contributed by atoms with E-state index in [4.69, 9.17) is 14.2 Å². The minimum atomic E-state index is -0.407. The van der Waals surface area contributed by atoms with E-state index >= 15 is 0 Å². The van der Waals surface area contributed by atoms with Gasteiger partial charge in [0.05, 0.1) is 24.8 Å². The van der Waals surface area contributed by atoms with Crippen LogP contribution in [0.3, 0.4) is 0 Å². The van der Waals surface area contributed by atoms with Crippen LogP contribution in [0.5, 0.6) is 5.75 Å². The van der Waals surface area contributed by atoms with Crippen LogP contribution in [0.15, 0.2) is 30.3 Å². The van der Waals surface area contributed by atoms with Crippen molar-refractivity contribution < 1.29 is 23.8 Å². The van der Waals surface area contributed by atoms with Crippen molar-refractivity contribution in [2.45, 2.75) is 25.6 Å². The first-order chi connectivity index (χ1) is 11.2. The Bertz CT molecular complexity index is 732. The highest BCUT2D eigenvalue weighted by Crippen LogP contribution is 2.29. The van der Waals surface area contributed by atoms with Gasteiger partial charge in [-0.2, -0.15) is 0 Å². The van der Waals surface area contributed by atoms with Crippen LogP contribution in [0.25, 0.3) is 10.8 Å². The second kappa shape index (κ2) is 6.79. The number of hydrogen-bond donors (Lipinski definition) is 0. The number of hydrogen-bond acceptors (Lipinski definition) is 5. The molecule has 1 fully saturated rings. The van der Waals surface area contributed by atoms with Crippen molar-refractivity contribution in [2.24, 2.45) is 0 Å². The SMILES string of the molecule is COC(=O)c1ccc2c(C=O)c(OC3CCCCO3)ccc2c1. The second-order valence-corrected chi connectivity index (χ2v) is 5.44. The van der Waals surface area contributed by atoms with Crippen LogP contribution in [-0.4, -0.2) is 32.3 Å². The van der Waals surface area contributed by atoms with Gasteiger partial charge in [-0.25, -0.2) is 4.79 Å². The van der Waals surface area contributed by atoms with Gasteiger partial charge in [0.25, 0.3) is 0 Å². The maximum Gasteiger partial charge on any atom is 0.337 e. The zero-order chi connectivity index (χ0) is 16.2. The fraction of sp³-hybridized carbons (Fsp3) is 0.333. The predicted octanol–water partition coefficient (Wildman–Crippen LogP) is 3.34. The summed E-state index contributed by atoms with van der Waals surface area (Å²) in [4.78, 5) is 23.2. The zero-order valence-electron chi connectivity index (χ0n) is 12.9. The first-order valence-electron chi connectivity index (χ1n) is 7.61. The predicted molar refractivity (Wildman–Crippen MR) is 84.9 cm³/mol. The Balaban J connectivity index is 1.96. The largest absolute Gasteiger partial charge is 0.465 e. The van der Waals surface area contributed by atoms with Gasteiger partial charge in [-0.05, 0) is 41.8 Å². The van der Waals surface area contributed by atoms with Crippen molar-refractivity contribution in [3.05, 3.63) is 41.5 Å². The lowest BCUT2D eigenvalue weighted by molar-refractivity contribution is -0.105. The van der Waals surface area contributed by atoms with E-state index in [0.717, 1.165) is 36.3 Å². The molecular formula is C18H18O5. The molecule has 0 saturated carbocycles. The van der Waals surface area contributed by atoms with Crippen LogP contribution >= 0.6 is 0 Å². The highest BCUT2D eigenvalue weighted by Gasteiger charge is 2.18. The monoisotopic (exact) mass is 314 g/mol. The molecule has 1 aliphatic rings. The van der Waals surface area contributed by atoms with Crippen LogP contribution in [-0.2, 0) is 9.47 Å². The van der Waals surface area contributed by atoms with Gasteiger partial charge in [0.2, 0.25) is 0 Å². The summed E-state index contributed by atoms with van der Waals surface area (Å²) in [6.45, 7) is 0.678. The van der Waals surface area contributed by atoms with E-state index in [-0.39, 0.29) is 6.29 Å². The van der Waals surface area contributed by atoms with E-state index in [1.165, 1.54) is 7.11 Å². The lowest BCUT2D eigenvalue weighted by Gasteiger charge is -2.24. The third-order valence-corrected chi connectivity index (χ3v) is 3.96. The summed E-state index contributed by atoms with van der Waals surface area (Å²) in [5.41, 5.74) is 0.911. The maximum absolute atomic E-state index is 11.6. The van der Waals surface area contributed by atoms with Crippen LogP contribution < -0.4 is 4.74 Å². The molecule has 1 saturated heterocycles. The smallest absolute Gasteiger partial charge is 0.337 e. The molecule has 23 heavy (non-hydrogen) atoms. The van der Waals surface area contributed by atoms with E-state index in [9.17, 15) is 9.59 Å². The first-order valence-corrected chi connectivity index (χ1v) is 7.61. The third-order valence-electron chi connectivity index (χ3n) is 3.96. The molecule has 1 unspecified atom stereocenters. The number of methoxy groups -OCH3 is 1. The molecule has 0 radical (unpaired) electrons. The minimum absolute atomic E-state index is 0.311. The van der Waals surface area contributed by atoms with Crippen molar-refractivity contribution >= 4 is 23.0 Å². The summed E-state index contributed by atoms with van der Waals surface area (Å²) < 4.78 is 16.1. The Morgan fingerprint density at radius 1 is 1.26 bits per heavy atom. The van der Waals surface area contributed by atoms with Crippen molar-refractivity contribution in [1.29, 1.82) is 0 Å². The maximum atomic E-state index is 11.6. The minimum Gasteiger partial charge on any atom is -0.465 e. The normalized spacial score (nSPS) is 17.7. The lowest BCUT2D eigenvalue weighted by Crippen LogP contribution is -2.25. The number of aldehydes is 1. The highest BCUT2D eigenvalue weighted by molar-refractivity contribution is 6.03. The van der Waals surface area contributed by atoms with Gasteiger partial charge in [0.15, 0.2) is 12.6 Å². The number of benzene rings is 2. The summed E-state index contributed by atoms with van der Waals surface area (Å²) in [5.74, 6) is 0.0979. The molecule has 0 spiro atoms. The van der Waals surface area contributed by atoms with Gasteiger partial charge < -0.3 is 14.2 Å². The topological polar surface area (TPSA) is 61.8 Å². The number of carbonyl (C=O) groups is 2. The molecule has 2 aromatic carbocycles. The van der Waals surface area contributed by atoms with Crippen LogP contribution in [0, 0.1) is 0 Å². The van der Waals surface area contributed by atoms with Crippen molar-refractivity contribution in [3.63, 3.8) is 0 Å². The zero-order valence-corrected chi connectivity index (χ0v) is 12.9. The van der Waals surface area contributed by atoms with Crippen LogP contribution in [0.2, 0.25) is 0 Å². The summed E-state index contributed by atoms with van der Waals surface area (Å²) >= 11 is 0. The highest BCUT2D eigenvalue weighted by atomic mass is 16.7. The molecular weight excluding hydrogens is 296 g/mol. The van der Waals surface area contributed by atoms with Gasteiger partial charge in [0, 0.05) is 6.42 Å². The van der Waals surface area contributed by atoms with E-state index < -0.39 is 5.97 Å². The summed E-state index contributed by atoms with van der Waals surface area (Å²) in [6.07, 6.45) is 3.37. The Morgan fingerprint density at radius 2 is 2.13 bits per heavy atom. The van der Waals surface area contributed by atoms with E-state index in [0.29, 0.717) is 23.5 Å². The average molecular weight is 314 g/mol. The Kier molecular flexibility index (Phi) is 4.57. The molecule has 0 amide bonds. The van der Waals surface area contributed by atoms with E-state index in [1.807, 2.05) is 6.07 Å². The fourth-order valence-corrected chi connectivity index (χ4v) is 2.75. The molecule has 1 atom stereocenters. The van der Waals surface area contributed by atoms with Gasteiger partial charge in [-0.1, -0.05) is 12.1 Å². The first kappa shape index (κ1) is 15.5. The molecule has 3 rings (SSSR count). The average Bonchev–Trinajstić information content (AvgIpc) is 2.61. The van der Waals surface area contributed by atoms with Crippen molar-refractivity contribution in [3.8, 4) is 5.75 Å². The fourth-order valence-electron chi connectivity index (χ4n) is 2.75. The Morgan fingerprint density at radius 3 is 2.83 bits per heavy atom. The molecule has 2 aromatic rings. The molecule has 1 heterocycles. The quantitative estimate of drug-likeness (QED) is 0.640. The standard InChI is InChI=1S/C18H18O5/c1-21-18(20)13-5-7-14-12(10-13)6-8-16(15(14)11-19)23-17-4-2-3-9-22-17/h5-8,10-11,17H,2-4,9H2,1H3. The van der Waals surface area contributed by atoms with Crippen molar-refractivity contribution in [1.82, 2.24) is 0 Å². The number of esters is 1. The van der Waals surface area contributed by atoms with Crippen LogP contribution in [0.4, 0.5) is 0 Å². The Labute approximate surface area is 134 Å². The van der Waals surface area contributed by atoms with Gasteiger partial charge in [0.1, 0.15) is 5.75 Å². The number of rotatable bonds is 4. The lowest BCUT2D eigenvalue weighted by atomic mass is 10.0. The summed E-state index contributed by atoms with van der Waals surface area (Å²) in [7, 11) is 1.34. The number of carbonyl (C=O) groups excluding carboxylic acids is 2. The van der Waals surface area contributed by atoms with Gasteiger partial charge >= 0.3 is 5.97 Å². The molecule has 0 aliphatic carbocycles. The molecule has 5 heteroatoms. The molecule has 120 valence electrons. The van der Waals surface area contributed by atoms with Gasteiger partial charge in [-0.3, -0.25) is 4.79 Å². The summed E-state index contributed by atoms with van der Waals surface area (Å²) in [6, 6.07) is 8.65. The molecule has 1 aliphatic heterocycles. The molecule has 0 N–H and O–H groups in total. The molecule has 0 aromatic heterocycles. The summed E-state index contributed by atoms with van der Waals surface area (Å²) in [5, 5.41) is 1.52. The number of ether oxygens (including phenoxy) is 3. The van der Waals surface area contributed by atoms with Crippen LogP contribution in [0.1, 0.15) is 40.0 Å². The molecule has 5 nitrogen and oxygen atoms in total. The third kappa shape index (κ3) is 3.19. The number of fused-ring (bicyclic) bond motifs is 1. The Hall–Kier alpha value is -2.40. The van der Waals surface area contributed by atoms with E-state index in [2.05, 4.69) is 0 Å².